The zero-order valence-corrected chi connectivity index (χ0v) is 21.2. The predicted octanol–water partition coefficient (Wildman–Crippen LogP) is 6.02. The van der Waals surface area contributed by atoms with Gasteiger partial charge in [0, 0.05) is 11.3 Å². The maximum atomic E-state index is 13.4. The summed E-state index contributed by atoms with van der Waals surface area (Å²) in [7, 11) is 3.23. The van der Waals surface area contributed by atoms with E-state index in [1.807, 2.05) is 79.7 Å². The fourth-order valence-corrected chi connectivity index (χ4v) is 4.47. The van der Waals surface area contributed by atoms with E-state index in [0.29, 0.717) is 28.7 Å². The first-order valence-corrected chi connectivity index (χ1v) is 12.0. The highest BCUT2D eigenvalue weighted by molar-refractivity contribution is 6.01. The Hall–Kier alpha value is -4.59. The zero-order valence-electron chi connectivity index (χ0n) is 21.2. The normalized spacial score (nSPS) is 15.5. The van der Waals surface area contributed by atoms with Gasteiger partial charge in [0.1, 0.15) is 11.5 Å². The van der Waals surface area contributed by atoms with Crippen molar-refractivity contribution in [3.05, 3.63) is 95.5 Å². The summed E-state index contributed by atoms with van der Waals surface area (Å²) in [5.74, 6) is 2.18. The van der Waals surface area contributed by atoms with Gasteiger partial charge < -0.3 is 19.3 Å². The number of amides is 2. The number of carbonyl (C=O) groups excluding carboxylic acids is 1. The molecular formula is C29H28N4O4. The standard InChI is InChI=1S/C29H28N4O4/c1-5-19-9-13-22(14-10-19)33-18(2)25(26(30-29(33)34)20-11-15-23(35-3)16-12-20)28-31-27(32-37-28)21-7-6-8-24(17-21)36-4/h6-17,26H,5H2,1-4H3,(H,30,34). The number of hydrogen-bond donors (Lipinski definition) is 1. The quantitative estimate of drug-likeness (QED) is 0.337. The van der Waals surface area contributed by atoms with Crippen molar-refractivity contribution in [3.63, 3.8) is 0 Å². The Morgan fingerprint density at radius 1 is 0.973 bits per heavy atom. The number of nitrogens with one attached hydrogen (secondary N) is 1. The van der Waals surface area contributed by atoms with Gasteiger partial charge in [-0.2, -0.15) is 4.98 Å². The van der Waals surface area contributed by atoms with Crippen molar-refractivity contribution in [2.45, 2.75) is 26.3 Å². The molecule has 37 heavy (non-hydrogen) atoms. The molecular weight excluding hydrogens is 468 g/mol. The molecule has 5 rings (SSSR count). The zero-order chi connectivity index (χ0) is 25.9. The lowest BCUT2D eigenvalue weighted by molar-refractivity contribution is 0.244. The van der Waals surface area contributed by atoms with Crippen molar-refractivity contribution in [2.24, 2.45) is 0 Å². The van der Waals surface area contributed by atoms with Gasteiger partial charge in [-0.25, -0.2) is 4.79 Å². The second-order valence-electron chi connectivity index (χ2n) is 8.67. The summed E-state index contributed by atoms with van der Waals surface area (Å²) in [5.41, 5.74) is 5.00. The van der Waals surface area contributed by atoms with E-state index in [0.717, 1.165) is 29.0 Å². The first-order chi connectivity index (χ1) is 18.0. The second-order valence-corrected chi connectivity index (χ2v) is 8.67. The molecule has 2 amide bonds. The minimum atomic E-state index is -0.497. The van der Waals surface area contributed by atoms with Crippen LogP contribution >= 0.6 is 0 Å². The molecule has 0 saturated heterocycles. The van der Waals surface area contributed by atoms with Gasteiger partial charge in [-0.1, -0.05) is 48.5 Å². The molecule has 1 aromatic heterocycles. The Labute approximate surface area is 215 Å². The molecule has 2 heterocycles. The first-order valence-electron chi connectivity index (χ1n) is 12.0. The van der Waals surface area contributed by atoms with Gasteiger partial charge >= 0.3 is 6.03 Å². The number of nitrogens with zero attached hydrogens (tertiary/aromatic N) is 3. The Balaban J connectivity index is 1.62. The number of methoxy groups -OCH3 is 2. The average molecular weight is 497 g/mol. The third-order valence-corrected chi connectivity index (χ3v) is 6.52. The number of benzene rings is 3. The van der Waals surface area contributed by atoms with Gasteiger partial charge in [0.2, 0.25) is 5.82 Å². The summed E-state index contributed by atoms with van der Waals surface area (Å²) in [4.78, 5) is 19.8. The van der Waals surface area contributed by atoms with Crippen molar-refractivity contribution >= 4 is 17.3 Å². The van der Waals surface area contributed by atoms with Crippen LogP contribution in [0.3, 0.4) is 0 Å². The first kappa shape index (κ1) is 24.1. The lowest BCUT2D eigenvalue weighted by Gasteiger charge is -2.35. The summed E-state index contributed by atoms with van der Waals surface area (Å²) in [6, 6.07) is 22.2. The topological polar surface area (TPSA) is 89.7 Å². The van der Waals surface area contributed by atoms with Gasteiger partial charge in [-0.3, -0.25) is 4.90 Å². The third kappa shape index (κ3) is 4.65. The number of hydrogen-bond acceptors (Lipinski definition) is 6. The number of rotatable bonds is 7. The van der Waals surface area contributed by atoms with Gasteiger partial charge in [0.15, 0.2) is 0 Å². The number of anilines is 1. The Morgan fingerprint density at radius 3 is 2.38 bits per heavy atom. The van der Waals surface area contributed by atoms with E-state index in [-0.39, 0.29) is 6.03 Å². The van der Waals surface area contributed by atoms with Gasteiger partial charge in [0.05, 0.1) is 31.5 Å². The summed E-state index contributed by atoms with van der Waals surface area (Å²) in [6.45, 7) is 3.99. The lowest BCUT2D eigenvalue weighted by Crippen LogP contribution is -2.46. The summed E-state index contributed by atoms with van der Waals surface area (Å²) >= 11 is 0. The van der Waals surface area contributed by atoms with Crippen molar-refractivity contribution in [2.75, 3.05) is 19.1 Å². The molecule has 0 saturated carbocycles. The van der Waals surface area contributed by atoms with E-state index >= 15 is 0 Å². The van der Waals surface area contributed by atoms with Crippen molar-refractivity contribution in [1.29, 1.82) is 0 Å². The molecule has 8 nitrogen and oxygen atoms in total. The molecule has 1 aliphatic heterocycles. The number of carbonyl (C=O) groups is 1. The van der Waals surface area contributed by atoms with Gasteiger partial charge in [-0.05, 0) is 60.9 Å². The molecule has 0 bridgehead atoms. The second kappa shape index (κ2) is 10.2. The monoisotopic (exact) mass is 496 g/mol. The smallest absolute Gasteiger partial charge is 0.326 e. The number of allylic oxidation sites excluding steroid dienone is 1. The predicted molar refractivity (Wildman–Crippen MR) is 141 cm³/mol. The highest BCUT2D eigenvalue weighted by Gasteiger charge is 2.36. The van der Waals surface area contributed by atoms with E-state index < -0.39 is 6.04 Å². The van der Waals surface area contributed by atoms with E-state index in [1.54, 1.807) is 19.1 Å². The SMILES string of the molecule is CCc1ccc(N2C(=O)NC(c3ccc(OC)cc3)C(c3nc(-c4cccc(OC)c4)no3)=C2C)cc1. The van der Waals surface area contributed by atoms with Crippen LogP contribution in [0, 0.1) is 0 Å². The number of aromatic nitrogens is 2. The number of aryl methyl sites for hydroxylation is 1. The Kier molecular flexibility index (Phi) is 6.64. The Morgan fingerprint density at radius 2 is 1.70 bits per heavy atom. The fourth-order valence-electron chi connectivity index (χ4n) is 4.47. The van der Waals surface area contributed by atoms with Gasteiger partial charge in [-0.15, -0.1) is 0 Å². The molecule has 3 aromatic carbocycles. The molecule has 0 radical (unpaired) electrons. The average Bonchev–Trinajstić information content (AvgIpc) is 3.43. The molecule has 1 unspecified atom stereocenters. The molecule has 1 atom stereocenters. The van der Waals surface area contributed by atoms with Crippen LogP contribution in [0.1, 0.15) is 36.9 Å². The van der Waals surface area contributed by atoms with E-state index in [1.165, 1.54) is 5.56 Å². The van der Waals surface area contributed by atoms with Crippen LogP contribution in [-0.2, 0) is 6.42 Å². The minimum absolute atomic E-state index is 0.237. The van der Waals surface area contributed by atoms with Crippen LogP contribution in [0.15, 0.2) is 83.0 Å². The van der Waals surface area contributed by atoms with Crippen LogP contribution < -0.4 is 19.7 Å². The summed E-state index contributed by atoms with van der Waals surface area (Å²) in [6.07, 6.45) is 0.918. The summed E-state index contributed by atoms with van der Waals surface area (Å²) in [5, 5.41) is 7.37. The van der Waals surface area contributed by atoms with Gasteiger partial charge in [0.25, 0.3) is 5.89 Å². The largest absolute Gasteiger partial charge is 0.497 e. The molecule has 1 N–H and O–H groups in total. The van der Waals surface area contributed by atoms with Crippen LogP contribution in [0.4, 0.5) is 10.5 Å². The van der Waals surface area contributed by atoms with Crippen LogP contribution in [0.25, 0.3) is 17.0 Å². The highest BCUT2D eigenvalue weighted by atomic mass is 16.5. The lowest BCUT2D eigenvalue weighted by atomic mass is 9.94. The van der Waals surface area contributed by atoms with E-state index in [2.05, 4.69) is 17.4 Å². The minimum Gasteiger partial charge on any atom is -0.497 e. The van der Waals surface area contributed by atoms with E-state index in [9.17, 15) is 4.79 Å². The molecule has 8 heteroatoms. The molecule has 0 aliphatic carbocycles. The Bertz CT molecular complexity index is 1440. The molecule has 188 valence electrons. The molecule has 0 spiro atoms. The third-order valence-electron chi connectivity index (χ3n) is 6.52. The number of ether oxygens (including phenoxy) is 2. The van der Waals surface area contributed by atoms with Crippen molar-refractivity contribution in [1.82, 2.24) is 15.5 Å². The van der Waals surface area contributed by atoms with Crippen LogP contribution in [-0.4, -0.2) is 30.4 Å². The fraction of sp³-hybridized carbons (Fsp3) is 0.207. The van der Waals surface area contributed by atoms with Crippen molar-refractivity contribution < 1.29 is 18.8 Å². The molecule has 4 aromatic rings. The molecule has 0 fully saturated rings. The van der Waals surface area contributed by atoms with Crippen molar-refractivity contribution in [3.8, 4) is 22.9 Å². The highest BCUT2D eigenvalue weighted by Crippen LogP contribution is 2.39. The number of urea groups is 1. The summed E-state index contributed by atoms with van der Waals surface area (Å²) < 4.78 is 16.5. The van der Waals surface area contributed by atoms with Crippen LogP contribution in [0.2, 0.25) is 0 Å². The molecule has 1 aliphatic rings. The maximum absolute atomic E-state index is 13.4. The van der Waals surface area contributed by atoms with E-state index in [4.69, 9.17) is 19.0 Å². The maximum Gasteiger partial charge on any atom is 0.326 e. The van der Waals surface area contributed by atoms with Crippen LogP contribution in [0.5, 0.6) is 11.5 Å².